The second kappa shape index (κ2) is 6.41. The van der Waals surface area contributed by atoms with E-state index in [-0.39, 0.29) is 5.82 Å². The van der Waals surface area contributed by atoms with Crippen molar-refractivity contribution in [1.82, 2.24) is 9.80 Å². The highest BCUT2D eigenvalue weighted by molar-refractivity contribution is 7.99. The van der Waals surface area contributed by atoms with Gasteiger partial charge in [0.15, 0.2) is 0 Å². The van der Waals surface area contributed by atoms with Crippen LogP contribution in [0.1, 0.15) is 0 Å². The number of likely N-dealkylation sites (N-methyl/N-ethyl adjacent to an activating group) is 1. The minimum Gasteiger partial charge on any atom is -0.398 e. The first-order valence-electron chi connectivity index (χ1n) is 6.24. The number of rotatable bonds is 4. The van der Waals surface area contributed by atoms with Crippen molar-refractivity contribution < 1.29 is 4.39 Å². The molecule has 0 aliphatic carbocycles. The Morgan fingerprint density at radius 2 is 2.00 bits per heavy atom. The highest BCUT2D eigenvalue weighted by atomic mass is 32.2. The van der Waals surface area contributed by atoms with Crippen LogP contribution in [0.5, 0.6) is 0 Å². The standard InChI is InChI=1S/C13H20FN3S/c1-16-4-6-17(7-5-16)8-9-18-13-10-11(14)2-3-12(13)15/h2-3,10H,4-9,15H2,1H3. The van der Waals surface area contributed by atoms with Crippen LogP contribution in [-0.4, -0.2) is 55.3 Å². The van der Waals surface area contributed by atoms with E-state index in [4.69, 9.17) is 5.73 Å². The Labute approximate surface area is 112 Å². The molecule has 0 unspecified atom stereocenters. The highest BCUT2D eigenvalue weighted by Gasteiger charge is 2.13. The minimum atomic E-state index is -0.216. The van der Waals surface area contributed by atoms with Gasteiger partial charge in [-0.3, -0.25) is 4.90 Å². The first-order chi connectivity index (χ1) is 8.65. The van der Waals surface area contributed by atoms with Crippen molar-refractivity contribution in [3.63, 3.8) is 0 Å². The summed E-state index contributed by atoms with van der Waals surface area (Å²) in [7, 11) is 2.15. The summed E-state index contributed by atoms with van der Waals surface area (Å²) in [6.07, 6.45) is 0. The summed E-state index contributed by atoms with van der Waals surface area (Å²) in [5.74, 6) is 0.739. The van der Waals surface area contributed by atoms with Gasteiger partial charge in [0.1, 0.15) is 5.82 Å². The van der Waals surface area contributed by atoms with Gasteiger partial charge in [0, 0.05) is 49.1 Å². The fourth-order valence-corrected chi connectivity index (χ4v) is 2.99. The van der Waals surface area contributed by atoms with Crippen LogP contribution in [0.4, 0.5) is 10.1 Å². The number of anilines is 1. The van der Waals surface area contributed by atoms with Crippen molar-refractivity contribution in [2.75, 3.05) is 51.3 Å². The molecule has 100 valence electrons. The maximum atomic E-state index is 13.1. The predicted octanol–water partition coefficient (Wildman–Crippen LogP) is 1.75. The smallest absolute Gasteiger partial charge is 0.124 e. The van der Waals surface area contributed by atoms with Gasteiger partial charge in [0.25, 0.3) is 0 Å². The first kappa shape index (κ1) is 13.6. The van der Waals surface area contributed by atoms with Gasteiger partial charge in [0.05, 0.1) is 0 Å². The summed E-state index contributed by atoms with van der Waals surface area (Å²) >= 11 is 1.64. The number of nitrogens with two attached hydrogens (primary N) is 1. The lowest BCUT2D eigenvalue weighted by molar-refractivity contribution is 0.161. The fourth-order valence-electron chi connectivity index (χ4n) is 1.99. The molecule has 1 fully saturated rings. The third-order valence-corrected chi connectivity index (χ3v) is 4.29. The zero-order chi connectivity index (χ0) is 13.0. The molecule has 1 saturated heterocycles. The Kier molecular flexibility index (Phi) is 4.86. The van der Waals surface area contributed by atoms with Gasteiger partial charge in [-0.15, -0.1) is 11.8 Å². The normalized spacial score (nSPS) is 18.1. The van der Waals surface area contributed by atoms with E-state index in [1.165, 1.54) is 12.1 Å². The van der Waals surface area contributed by atoms with E-state index in [1.807, 2.05) is 0 Å². The van der Waals surface area contributed by atoms with E-state index in [2.05, 4.69) is 16.8 Å². The number of nitrogens with zero attached hydrogens (tertiary/aromatic N) is 2. The van der Waals surface area contributed by atoms with Crippen molar-refractivity contribution in [2.24, 2.45) is 0 Å². The Bertz CT molecular complexity index is 392. The molecule has 0 aromatic heterocycles. The van der Waals surface area contributed by atoms with E-state index >= 15 is 0 Å². The molecule has 2 rings (SSSR count). The SMILES string of the molecule is CN1CCN(CCSc2cc(F)ccc2N)CC1. The van der Waals surface area contributed by atoms with Crippen molar-refractivity contribution in [3.8, 4) is 0 Å². The number of nitrogen functional groups attached to an aromatic ring is 1. The average Bonchev–Trinajstić information content (AvgIpc) is 2.36. The molecule has 1 aromatic carbocycles. The second-order valence-corrected chi connectivity index (χ2v) is 5.81. The number of halogens is 1. The lowest BCUT2D eigenvalue weighted by atomic mass is 10.3. The Morgan fingerprint density at radius 3 is 2.72 bits per heavy atom. The molecule has 18 heavy (non-hydrogen) atoms. The van der Waals surface area contributed by atoms with Gasteiger partial charge in [0.2, 0.25) is 0 Å². The monoisotopic (exact) mass is 269 g/mol. The third-order valence-electron chi connectivity index (χ3n) is 3.24. The van der Waals surface area contributed by atoms with Gasteiger partial charge in [-0.05, 0) is 25.2 Å². The lowest BCUT2D eigenvalue weighted by Crippen LogP contribution is -2.45. The number of hydrogen-bond donors (Lipinski definition) is 1. The zero-order valence-corrected chi connectivity index (χ0v) is 11.5. The Hall–Kier alpha value is -0.780. The molecule has 0 spiro atoms. The molecule has 0 atom stereocenters. The van der Waals surface area contributed by atoms with Crippen LogP contribution in [-0.2, 0) is 0 Å². The largest absolute Gasteiger partial charge is 0.398 e. The third kappa shape index (κ3) is 3.86. The molecule has 0 bridgehead atoms. The summed E-state index contributed by atoms with van der Waals surface area (Å²) in [5, 5.41) is 0. The fraction of sp³-hybridized carbons (Fsp3) is 0.538. The van der Waals surface area contributed by atoms with Crippen LogP contribution >= 0.6 is 11.8 Å². The van der Waals surface area contributed by atoms with Gasteiger partial charge >= 0.3 is 0 Å². The van der Waals surface area contributed by atoms with E-state index in [0.29, 0.717) is 5.69 Å². The lowest BCUT2D eigenvalue weighted by Gasteiger charge is -2.32. The molecular formula is C13H20FN3S. The Balaban J connectivity index is 1.76. The van der Waals surface area contributed by atoms with E-state index in [0.717, 1.165) is 43.4 Å². The number of hydrogen-bond acceptors (Lipinski definition) is 4. The molecule has 0 amide bonds. The molecule has 0 saturated carbocycles. The van der Waals surface area contributed by atoms with Crippen molar-refractivity contribution in [1.29, 1.82) is 0 Å². The molecule has 2 N–H and O–H groups in total. The minimum absolute atomic E-state index is 0.216. The van der Waals surface area contributed by atoms with Crippen LogP contribution in [0.3, 0.4) is 0 Å². The van der Waals surface area contributed by atoms with Gasteiger partial charge < -0.3 is 10.6 Å². The van der Waals surface area contributed by atoms with Gasteiger partial charge in [-0.1, -0.05) is 0 Å². The van der Waals surface area contributed by atoms with Crippen LogP contribution in [0.2, 0.25) is 0 Å². The first-order valence-corrected chi connectivity index (χ1v) is 7.22. The molecule has 1 aliphatic rings. The Morgan fingerprint density at radius 1 is 1.28 bits per heavy atom. The van der Waals surface area contributed by atoms with Crippen molar-refractivity contribution in [2.45, 2.75) is 4.90 Å². The van der Waals surface area contributed by atoms with Gasteiger partial charge in [-0.25, -0.2) is 4.39 Å². The van der Waals surface area contributed by atoms with Crippen LogP contribution in [0, 0.1) is 5.82 Å². The van der Waals surface area contributed by atoms with E-state index in [9.17, 15) is 4.39 Å². The van der Waals surface area contributed by atoms with E-state index in [1.54, 1.807) is 17.8 Å². The number of piperazine rings is 1. The maximum Gasteiger partial charge on any atom is 0.124 e. The predicted molar refractivity (Wildman–Crippen MR) is 75.5 cm³/mol. The number of benzene rings is 1. The summed E-state index contributed by atoms with van der Waals surface area (Å²) in [4.78, 5) is 5.64. The molecule has 3 nitrogen and oxygen atoms in total. The molecular weight excluding hydrogens is 249 g/mol. The average molecular weight is 269 g/mol. The van der Waals surface area contributed by atoms with E-state index < -0.39 is 0 Å². The van der Waals surface area contributed by atoms with Gasteiger partial charge in [-0.2, -0.15) is 0 Å². The zero-order valence-electron chi connectivity index (χ0n) is 10.7. The summed E-state index contributed by atoms with van der Waals surface area (Å²) in [6.45, 7) is 5.54. The van der Waals surface area contributed by atoms with Crippen LogP contribution < -0.4 is 5.73 Å². The van der Waals surface area contributed by atoms with Crippen molar-refractivity contribution in [3.05, 3.63) is 24.0 Å². The molecule has 1 heterocycles. The quantitative estimate of drug-likeness (QED) is 0.667. The molecule has 1 aromatic rings. The topological polar surface area (TPSA) is 32.5 Å². The van der Waals surface area contributed by atoms with Crippen molar-refractivity contribution >= 4 is 17.4 Å². The molecule has 0 radical (unpaired) electrons. The molecule has 1 aliphatic heterocycles. The van der Waals surface area contributed by atoms with Crippen LogP contribution in [0.15, 0.2) is 23.1 Å². The summed E-state index contributed by atoms with van der Waals surface area (Å²) < 4.78 is 13.1. The van der Waals surface area contributed by atoms with Crippen LogP contribution in [0.25, 0.3) is 0 Å². The summed E-state index contributed by atoms with van der Waals surface area (Å²) in [5.41, 5.74) is 6.49. The number of thioether (sulfide) groups is 1. The highest BCUT2D eigenvalue weighted by Crippen LogP contribution is 2.25. The maximum absolute atomic E-state index is 13.1. The summed E-state index contributed by atoms with van der Waals surface area (Å²) in [6, 6.07) is 4.55. The second-order valence-electron chi connectivity index (χ2n) is 4.68. The molecule has 5 heteroatoms.